The van der Waals surface area contributed by atoms with E-state index in [1.165, 1.54) is 7.11 Å². The van der Waals surface area contributed by atoms with Gasteiger partial charge in [-0.05, 0) is 11.6 Å². The summed E-state index contributed by atoms with van der Waals surface area (Å²) < 4.78 is 4.61. The second-order valence-corrected chi connectivity index (χ2v) is 3.67. The Labute approximate surface area is 98.0 Å². The van der Waals surface area contributed by atoms with E-state index in [-0.39, 0.29) is 0 Å². The zero-order valence-corrected chi connectivity index (χ0v) is 9.41. The molecule has 0 spiro atoms. The third-order valence-electron chi connectivity index (χ3n) is 2.24. The average Bonchev–Trinajstić information content (AvgIpc) is 2.71. The Bertz CT molecular complexity index is 505. The maximum absolute atomic E-state index is 11.3. The van der Waals surface area contributed by atoms with Crippen LogP contribution in [0.25, 0.3) is 11.3 Å². The van der Waals surface area contributed by atoms with Gasteiger partial charge in [0.2, 0.25) is 0 Å². The van der Waals surface area contributed by atoms with Crippen LogP contribution in [0.5, 0.6) is 0 Å². The van der Waals surface area contributed by atoms with Gasteiger partial charge in [0.15, 0.2) is 0 Å². The van der Waals surface area contributed by atoms with E-state index in [1.54, 1.807) is 6.07 Å². The quantitative estimate of drug-likeness (QED) is 0.813. The number of hydrogen-bond acceptors (Lipinski definition) is 2. The molecule has 3 nitrogen and oxygen atoms in total. The normalized spacial score (nSPS) is 10.1. The van der Waals surface area contributed by atoms with Gasteiger partial charge in [-0.25, -0.2) is 4.79 Å². The summed E-state index contributed by atoms with van der Waals surface area (Å²) >= 11 is 6.04. The largest absolute Gasteiger partial charge is 0.464 e. The number of aromatic amines is 1. The van der Waals surface area contributed by atoms with Crippen LogP contribution in [0.15, 0.2) is 36.4 Å². The number of aromatic nitrogens is 1. The first-order valence-corrected chi connectivity index (χ1v) is 5.12. The molecule has 0 unspecified atom stereocenters. The first kappa shape index (κ1) is 10.8. The number of benzene rings is 1. The lowest BCUT2D eigenvalue weighted by molar-refractivity contribution is 0.0595. The third kappa shape index (κ3) is 1.95. The number of H-pyrrole nitrogens is 1. The number of hydrogen-bond donors (Lipinski definition) is 1. The number of carbonyl (C=O) groups excluding carboxylic acids is 1. The molecule has 0 atom stereocenters. The molecule has 0 bridgehead atoms. The number of ether oxygens (including phenoxy) is 1. The maximum Gasteiger partial charge on any atom is 0.354 e. The lowest BCUT2D eigenvalue weighted by Crippen LogP contribution is -2.00. The van der Waals surface area contributed by atoms with Crippen molar-refractivity contribution in [1.82, 2.24) is 4.98 Å². The van der Waals surface area contributed by atoms with Crippen LogP contribution in [-0.4, -0.2) is 18.1 Å². The summed E-state index contributed by atoms with van der Waals surface area (Å²) in [5.41, 5.74) is 2.01. The van der Waals surface area contributed by atoms with Crippen LogP contribution >= 0.6 is 11.6 Å². The molecule has 0 aliphatic rings. The molecule has 1 aromatic heterocycles. The number of carbonyl (C=O) groups is 1. The van der Waals surface area contributed by atoms with Gasteiger partial charge in [0, 0.05) is 0 Å². The number of nitrogens with one attached hydrogen (secondary N) is 1. The molecule has 1 heterocycles. The van der Waals surface area contributed by atoms with E-state index in [0.29, 0.717) is 10.7 Å². The van der Waals surface area contributed by atoms with Gasteiger partial charge in [0.1, 0.15) is 5.69 Å². The minimum atomic E-state index is -0.427. The van der Waals surface area contributed by atoms with Gasteiger partial charge in [-0.2, -0.15) is 0 Å². The molecule has 2 aromatic rings. The van der Waals surface area contributed by atoms with Crippen molar-refractivity contribution < 1.29 is 9.53 Å². The van der Waals surface area contributed by atoms with Crippen molar-refractivity contribution >= 4 is 17.6 Å². The Morgan fingerprint density at radius 1 is 1.31 bits per heavy atom. The van der Waals surface area contributed by atoms with Gasteiger partial charge >= 0.3 is 5.97 Å². The summed E-state index contributed by atoms with van der Waals surface area (Å²) in [4.78, 5) is 14.2. The standard InChI is InChI=1S/C12H10ClNO2/c1-16-12(15)10-7-9(13)11(14-10)8-5-3-2-4-6-8/h2-7,14H,1H3. The zero-order valence-electron chi connectivity index (χ0n) is 8.66. The minimum absolute atomic E-state index is 0.353. The fourth-order valence-electron chi connectivity index (χ4n) is 1.46. The molecular weight excluding hydrogens is 226 g/mol. The highest BCUT2D eigenvalue weighted by Crippen LogP contribution is 2.27. The van der Waals surface area contributed by atoms with E-state index in [2.05, 4.69) is 9.72 Å². The molecule has 2 rings (SSSR count). The van der Waals surface area contributed by atoms with Crippen molar-refractivity contribution in [3.63, 3.8) is 0 Å². The highest BCUT2D eigenvalue weighted by atomic mass is 35.5. The molecule has 0 saturated heterocycles. The lowest BCUT2D eigenvalue weighted by atomic mass is 10.2. The van der Waals surface area contributed by atoms with Gasteiger partial charge < -0.3 is 9.72 Å². The topological polar surface area (TPSA) is 42.1 Å². The van der Waals surface area contributed by atoms with Crippen molar-refractivity contribution in [3.8, 4) is 11.3 Å². The second kappa shape index (κ2) is 4.41. The van der Waals surface area contributed by atoms with Gasteiger partial charge in [0.05, 0.1) is 17.8 Å². The predicted octanol–water partition coefficient (Wildman–Crippen LogP) is 3.12. The third-order valence-corrected chi connectivity index (χ3v) is 2.54. The summed E-state index contributed by atoms with van der Waals surface area (Å²) in [5, 5.41) is 0.506. The SMILES string of the molecule is COC(=O)c1cc(Cl)c(-c2ccccc2)[nH]1. The van der Waals surface area contributed by atoms with Crippen LogP contribution < -0.4 is 0 Å². The lowest BCUT2D eigenvalue weighted by Gasteiger charge is -1.98. The number of methoxy groups -OCH3 is 1. The van der Waals surface area contributed by atoms with Crippen LogP contribution in [0.1, 0.15) is 10.5 Å². The van der Waals surface area contributed by atoms with Gasteiger partial charge in [-0.1, -0.05) is 41.9 Å². The van der Waals surface area contributed by atoms with Crippen LogP contribution in [0.4, 0.5) is 0 Å². The Hall–Kier alpha value is -1.74. The molecule has 0 aliphatic heterocycles. The molecule has 0 aliphatic carbocycles. The zero-order chi connectivity index (χ0) is 11.5. The summed E-state index contributed by atoms with van der Waals surface area (Å²) in [6.07, 6.45) is 0. The number of rotatable bonds is 2. The van der Waals surface area contributed by atoms with Gasteiger partial charge in [-0.15, -0.1) is 0 Å². The predicted molar refractivity (Wildman–Crippen MR) is 62.6 cm³/mol. The van der Waals surface area contributed by atoms with Crippen molar-refractivity contribution in [2.24, 2.45) is 0 Å². The Balaban J connectivity index is 2.44. The smallest absolute Gasteiger partial charge is 0.354 e. The average molecular weight is 236 g/mol. The molecular formula is C12H10ClNO2. The molecule has 0 amide bonds. The number of esters is 1. The fraction of sp³-hybridized carbons (Fsp3) is 0.0833. The van der Waals surface area contributed by atoms with Crippen molar-refractivity contribution in [2.45, 2.75) is 0 Å². The van der Waals surface area contributed by atoms with E-state index in [4.69, 9.17) is 11.6 Å². The van der Waals surface area contributed by atoms with Gasteiger partial charge in [0.25, 0.3) is 0 Å². The maximum atomic E-state index is 11.3. The molecule has 0 saturated carbocycles. The Kier molecular flexibility index (Phi) is 2.97. The van der Waals surface area contributed by atoms with E-state index in [1.807, 2.05) is 30.3 Å². The second-order valence-electron chi connectivity index (χ2n) is 3.26. The minimum Gasteiger partial charge on any atom is -0.464 e. The van der Waals surface area contributed by atoms with E-state index >= 15 is 0 Å². The highest BCUT2D eigenvalue weighted by Gasteiger charge is 2.13. The van der Waals surface area contributed by atoms with Crippen molar-refractivity contribution in [3.05, 3.63) is 47.1 Å². The summed E-state index contributed by atoms with van der Waals surface area (Å²) in [6, 6.07) is 11.1. The summed E-state index contributed by atoms with van der Waals surface area (Å²) in [5.74, 6) is -0.427. The van der Waals surface area contributed by atoms with Crippen LogP contribution in [0.3, 0.4) is 0 Å². The number of halogens is 1. The molecule has 1 aromatic carbocycles. The monoisotopic (exact) mass is 235 g/mol. The van der Waals surface area contributed by atoms with Crippen LogP contribution in [0, 0.1) is 0 Å². The summed E-state index contributed by atoms with van der Waals surface area (Å²) in [7, 11) is 1.33. The molecule has 1 N–H and O–H groups in total. The van der Waals surface area contributed by atoms with Crippen LogP contribution in [-0.2, 0) is 4.74 Å². The molecule has 82 valence electrons. The van der Waals surface area contributed by atoms with Gasteiger partial charge in [-0.3, -0.25) is 0 Å². The molecule has 16 heavy (non-hydrogen) atoms. The molecule has 4 heteroatoms. The van der Waals surface area contributed by atoms with E-state index < -0.39 is 5.97 Å². The fourth-order valence-corrected chi connectivity index (χ4v) is 1.73. The highest BCUT2D eigenvalue weighted by molar-refractivity contribution is 6.33. The van der Waals surface area contributed by atoms with Crippen LogP contribution in [0.2, 0.25) is 5.02 Å². The first-order chi connectivity index (χ1) is 7.72. The van der Waals surface area contributed by atoms with Crippen molar-refractivity contribution in [2.75, 3.05) is 7.11 Å². The molecule has 0 radical (unpaired) electrons. The van der Waals surface area contributed by atoms with Crippen molar-refractivity contribution in [1.29, 1.82) is 0 Å². The van der Waals surface area contributed by atoms with E-state index in [9.17, 15) is 4.79 Å². The first-order valence-electron chi connectivity index (χ1n) is 4.74. The Morgan fingerprint density at radius 2 is 2.00 bits per heavy atom. The Morgan fingerprint density at radius 3 is 2.62 bits per heavy atom. The summed E-state index contributed by atoms with van der Waals surface area (Å²) in [6.45, 7) is 0. The van der Waals surface area contributed by atoms with E-state index in [0.717, 1.165) is 11.3 Å². The molecule has 0 fully saturated rings.